The van der Waals surface area contributed by atoms with Crippen LogP contribution >= 0.6 is 0 Å². The second kappa shape index (κ2) is 7.41. The third-order valence-electron chi connectivity index (χ3n) is 4.05. The number of hydrogen-bond donors (Lipinski definition) is 2. The van der Waals surface area contributed by atoms with Gasteiger partial charge in [-0.1, -0.05) is 37.3 Å². The quantitative estimate of drug-likeness (QED) is 0.843. The SMILES string of the molecule is CC1CCN(CC(=O)NCCc2ccccc2)CC1N. The molecule has 1 heterocycles. The van der Waals surface area contributed by atoms with Crippen LogP contribution in [-0.2, 0) is 11.2 Å². The fourth-order valence-electron chi connectivity index (χ4n) is 2.56. The fraction of sp³-hybridized carbons (Fsp3) is 0.562. The van der Waals surface area contributed by atoms with Gasteiger partial charge in [-0.3, -0.25) is 9.69 Å². The molecule has 1 aromatic rings. The van der Waals surface area contributed by atoms with Crippen molar-refractivity contribution in [3.8, 4) is 0 Å². The molecule has 20 heavy (non-hydrogen) atoms. The van der Waals surface area contributed by atoms with Crippen molar-refractivity contribution in [2.24, 2.45) is 11.7 Å². The van der Waals surface area contributed by atoms with Crippen molar-refractivity contribution < 1.29 is 4.79 Å². The highest BCUT2D eigenvalue weighted by Crippen LogP contribution is 2.14. The van der Waals surface area contributed by atoms with Crippen molar-refractivity contribution >= 4 is 5.91 Å². The molecule has 0 aromatic heterocycles. The average Bonchev–Trinajstić information content (AvgIpc) is 2.44. The lowest BCUT2D eigenvalue weighted by atomic mass is 9.94. The van der Waals surface area contributed by atoms with Crippen molar-refractivity contribution in [2.75, 3.05) is 26.2 Å². The number of piperidine rings is 1. The number of nitrogens with zero attached hydrogens (tertiary/aromatic N) is 1. The topological polar surface area (TPSA) is 58.4 Å². The van der Waals surface area contributed by atoms with E-state index in [-0.39, 0.29) is 11.9 Å². The Bertz CT molecular complexity index is 421. The number of benzene rings is 1. The summed E-state index contributed by atoms with van der Waals surface area (Å²) in [4.78, 5) is 14.1. The van der Waals surface area contributed by atoms with Gasteiger partial charge in [0.2, 0.25) is 5.91 Å². The van der Waals surface area contributed by atoms with E-state index in [0.29, 0.717) is 19.0 Å². The van der Waals surface area contributed by atoms with Crippen molar-refractivity contribution in [1.29, 1.82) is 0 Å². The molecule has 1 amide bonds. The molecule has 1 fully saturated rings. The first-order chi connectivity index (χ1) is 9.65. The number of carbonyl (C=O) groups is 1. The Morgan fingerprint density at radius 2 is 2.15 bits per heavy atom. The molecular formula is C16H25N3O. The Morgan fingerprint density at radius 3 is 2.85 bits per heavy atom. The molecule has 110 valence electrons. The molecular weight excluding hydrogens is 250 g/mol. The predicted molar refractivity (Wildman–Crippen MR) is 81.4 cm³/mol. The van der Waals surface area contributed by atoms with Crippen LogP contribution in [0.5, 0.6) is 0 Å². The molecule has 2 unspecified atom stereocenters. The molecule has 4 nitrogen and oxygen atoms in total. The molecule has 0 bridgehead atoms. The summed E-state index contributed by atoms with van der Waals surface area (Å²) in [5.74, 6) is 0.662. The molecule has 4 heteroatoms. The fourth-order valence-corrected chi connectivity index (χ4v) is 2.56. The van der Waals surface area contributed by atoms with E-state index < -0.39 is 0 Å². The van der Waals surface area contributed by atoms with Gasteiger partial charge in [-0.2, -0.15) is 0 Å². The third-order valence-corrected chi connectivity index (χ3v) is 4.05. The lowest BCUT2D eigenvalue weighted by Gasteiger charge is -2.34. The van der Waals surface area contributed by atoms with Gasteiger partial charge in [0.05, 0.1) is 6.54 Å². The normalized spacial score (nSPS) is 23.5. The summed E-state index contributed by atoms with van der Waals surface area (Å²) in [6.45, 7) is 5.14. The van der Waals surface area contributed by atoms with E-state index in [9.17, 15) is 4.79 Å². The summed E-state index contributed by atoms with van der Waals surface area (Å²) in [5.41, 5.74) is 7.30. The molecule has 0 spiro atoms. The third kappa shape index (κ3) is 4.62. The van der Waals surface area contributed by atoms with Gasteiger partial charge in [0.1, 0.15) is 0 Å². The Kier molecular flexibility index (Phi) is 5.56. The second-order valence-electron chi connectivity index (χ2n) is 5.75. The van der Waals surface area contributed by atoms with E-state index in [2.05, 4.69) is 29.3 Å². The number of rotatable bonds is 5. The van der Waals surface area contributed by atoms with E-state index in [4.69, 9.17) is 5.73 Å². The van der Waals surface area contributed by atoms with E-state index >= 15 is 0 Å². The highest BCUT2D eigenvalue weighted by atomic mass is 16.2. The summed E-state index contributed by atoms with van der Waals surface area (Å²) < 4.78 is 0. The maximum Gasteiger partial charge on any atom is 0.234 e. The van der Waals surface area contributed by atoms with Crippen LogP contribution in [0, 0.1) is 5.92 Å². The Labute approximate surface area is 121 Å². The van der Waals surface area contributed by atoms with E-state index in [1.165, 1.54) is 5.56 Å². The average molecular weight is 275 g/mol. The molecule has 2 atom stereocenters. The summed E-state index contributed by atoms with van der Waals surface area (Å²) in [5, 5.41) is 2.98. The molecule has 3 N–H and O–H groups in total. The lowest BCUT2D eigenvalue weighted by molar-refractivity contribution is -0.122. The minimum atomic E-state index is 0.0997. The molecule has 1 aromatic carbocycles. The van der Waals surface area contributed by atoms with E-state index in [0.717, 1.165) is 25.9 Å². The summed E-state index contributed by atoms with van der Waals surface area (Å²) in [7, 11) is 0. The van der Waals surface area contributed by atoms with Gasteiger partial charge in [0.25, 0.3) is 0 Å². The monoisotopic (exact) mass is 275 g/mol. The summed E-state index contributed by atoms with van der Waals surface area (Å²) in [6, 6.07) is 10.4. The van der Waals surface area contributed by atoms with Crippen LogP contribution in [0.25, 0.3) is 0 Å². The standard InChI is InChI=1S/C16H25N3O/c1-13-8-10-19(11-15(13)17)12-16(20)18-9-7-14-5-3-2-4-6-14/h2-6,13,15H,7-12,17H2,1H3,(H,18,20). The van der Waals surface area contributed by atoms with Crippen molar-refractivity contribution in [3.05, 3.63) is 35.9 Å². The van der Waals surface area contributed by atoms with Gasteiger partial charge >= 0.3 is 0 Å². The van der Waals surface area contributed by atoms with Crippen LogP contribution in [-0.4, -0.2) is 43.0 Å². The number of carbonyl (C=O) groups excluding carboxylic acids is 1. The van der Waals surface area contributed by atoms with Crippen LogP contribution in [0.15, 0.2) is 30.3 Å². The number of nitrogens with two attached hydrogens (primary N) is 1. The number of amides is 1. The minimum Gasteiger partial charge on any atom is -0.355 e. The Balaban J connectivity index is 1.66. The lowest BCUT2D eigenvalue weighted by Crippen LogP contribution is -2.50. The smallest absolute Gasteiger partial charge is 0.234 e. The zero-order chi connectivity index (χ0) is 14.4. The first-order valence-electron chi connectivity index (χ1n) is 7.43. The summed E-state index contributed by atoms with van der Waals surface area (Å²) >= 11 is 0. The van der Waals surface area contributed by atoms with Gasteiger partial charge in [0.15, 0.2) is 0 Å². The van der Waals surface area contributed by atoms with Crippen molar-refractivity contribution in [1.82, 2.24) is 10.2 Å². The highest BCUT2D eigenvalue weighted by molar-refractivity contribution is 5.78. The molecule has 1 aliphatic heterocycles. The van der Waals surface area contributed by atoms with Gasteiger partial charge in [0, 0.05) is 19.1 Å². The predicted octanol–water partition coefficient (Wildman–Crippen LogP) is 1.01. The number of likely N-dealkylation sites (tertiary alicyclic amines) is 1. The summed E-state index contributed by atoms with van der Waals surface area (Å²) in [6.07, 6.45) is 1.96. The van der Waals surface area contributed by atoms with E-state index in [1.54, 1.807) is 0 Å². The maximum absolute atomic E-state index is 11.9. The zero-order valence-electron chi connectivity index (χ0n) is 12.2. The van der Waals surface area contributed by atoms with Crippen LogP contribution in [0.3, 0.4) is 0 Å². The van der Waals surface area contributed by atoms with Gasteiger partial charge in [-0.25, -0.2) is 0 Å². The molecule has 0 aliphatic carbocycles. The van der Waals surface area contributed by atoms with Crippen LogP contribution < -0.4 is 11.1 Å². The molecule has 2 rings (SSSR count). The van der Waals surface area contributed by atoms with Gasteiger partial charge < -0.3 is 11.1 Å². The number of nitrogens with one attached hydrogen (secondary N) is 1. The number of hydrogen-bond acceptors (Lipinski definition) is 3. The molecule has 0 saturated carbocycles. The van der Waals surface area contributed by atoms with Crippen LogP contribution in [0.1, 0.15) is 18.9 Å². The first-order valence-corrected chi connectivity index (χ1v) is 7.43. The first kappa shape index (κ1) is 15.0. The maximum atomic E-state index is 11.9. The molecule has 1 aliphatic rings. The largest absolute Gasteiger partial charge is 0.355 e. The Morgan fingerprint density at radius 1 is 1.40 bits per heavy atom. The van der Waals surface area contributed by atoms with E-state index in [1.807, 2.05) is 18.2 Å². The molecule has 0 radical (unpaired) electrons. The second-order valence-corrected chi connectivity index (χ2v) is 5.75. The van der Waals surface area contributed by atoms with Gasteiger partial charge in [-0.05, 0) is 30.9 Å². The van der Waals surface area contributed by atoms with Crippen LogP contribution in [0.4, 0.5) is 0 Å². The highest BCUT2D eigenvalue weighted by Gasteiger charge is 2.24. The zero-order valence-corrected chi connectivity index (χ0v) is 12.2. The Hall–Kier alpha value is -1.39. The van der Waals surface area contributed by atoms with Crippen molar-refractivity contribution in [3.63, 3.8) is 0 Å². The van der Waals surface area contributed by atoms with Crippen LogP contribution in [0.2, 0.25) is 0 Å². The van der Waals surface area contributed by atoms with Gasteiger partial charge in [-0.15, -0.1) is 0 Å². The van der Waals surface area contributed by atoms with Crippen molar-refractivity contribution in [2.45, 2.75) is 25.8 Å². The molecule has 1 saturated heterocycles. The minimum absolute atomic E-state index is 0.0997.